The van der Waals surface area contributed by atoms with Gasteiger partial charge in [0, 0.05) is 43.5 Å². The monoisotopic (exact) mass is 357 g/mol. The molecule has 26 heavy (non-hydrogen) atoms. The van der Waals surface area contributed by atoms with Crippen molar-refractivity contribution in [2.24, 2.45) is 0 Å². The molecule has 0 spiro atoms. The first-order valence-electron chi connectivity index (χ1n) is 9.95. The second-order valence-electron chi connectivity index (χ2n) is 7.65. The Morgan fingerprint density at radius 1 is 1.00 bits per heavy atom. The van der Waals surface area contributed by atoms with Gasteiger partial charge in [0.25, 0.3) is 0 Å². The number of nitrogens with zero attached hydrogens (tertiary/aromatic N) is 2. The minimum absolute atomic E-state index is 0.0702. The summed E-state index contributed by atoms with van der Waals surface area (Å²) in [6.45, 7) is 7.19. The van der Waals surface area contributed by atoms with Gasteiger partial charge in [-0.05, 0) is 51.0 Å². The fraction of sp³-hybridized carbons (Fsp3) is 0.619. The van der Waals surface area contributed by atoms with Gasteiger partial charge < -0.3 is 10.2 Å². The van der Waals surface area contributed by atoms with Crippen LogP contribution in [0.2, 0.25) is 0 Å². The normalized spacial score (nSPS) is 20.6. The number of piperazine rings is 1. The standard InChI is InChI=1S/C21H31N3O2/c1-16(21(26)22-19-6-4-3-5-7-19)23-12-14-24(15-13-23)20-10-8-18(9-11-20)17(2)25/h8-11,16,19H,3-7,12-15H2,1-2H3,(H,22,26). The minimum atomic E-state index is -0.0702. The number of ketones is 1. The van der Waals surface area contributed by atoms with E-state index in [4.69, 9.17) is 0 Å². The van der Waals surface area contributed by atoms with E-state index in [0.717, 1.165) is 50.3 Å². The van der Waals surface area contributed by atoms with Gasteiger partial charge in [0.05, 0.1) is 6.04 Å². The van der Waals surface area contributed by atoms with E-state index in [2.05, 4.69) is 15.1 Å². The van der Waals surface area contributed by atoms with E-state index in [0.29, 0.717) is 6.04 Å². The zero-order chi connectivity index (χ0) is 18.5. The number of hydrogen-bond donors (Lipinski definition) is 1. The summed E-state index contributed by atoms with van der Waals surface area (Å²) in [7, 11) is 0. The molecule has 5 heteroatoms. The predicted molar refractivity (Wildman–Crippen MR) is 105 cm³/mol. The Bertz CT molecular complexity index is 615. The first-order chi connectivity index (χ1) is 12.5. The lowest BCUT2D eigenvalue weighted by Crippen LogP contribution is -2.55. The highest BCUT2D eigenvalue weighted by atomic mass is 16.2. The Hall–Kier alpha value is -1.88. The molecule has 5 nitrogen and oxygen atoms in total. The van der Waals surface area contributed by atoms with Crippen molar-refractivity contribution in [3.63, 3.8) is 0 Å². The van der Waals surface area contributed by atoms with Crippen LogP contribution in [-0.2, 0) is 4.79 Å². The van der Waals surface area contributed by atoms with Crippen LogP contribution in [0.4, 0.5) is 5.69 Å². The van der Waals surface area contributed by atoms with E-state index in [9.17, 15) is 9.59 Å². The van der Waals surface area contributed by atoms with Crippen molar-refractivity contribution in [2.75, 3.05) is 31.1 Å². The highest BCUT2D eigenvalue weighted by molar-refractivity contribution is 5.94. The summed E-state index contributed by atoms with van der Waals surface area (Å²) >= 11 is 0. The van der Waals surface area contributed by atoms with Crippen LogP contribution in [0.15, 0.2) is 24.3 Å². The summed E-state index contributed by atoms with van der Waals surface area (Å²) in [6.07, 6.45) is 6.03. The van der Waals surface area contributed by atoms with Gasteiger partial charge in [0.1, 0.15) is 0 Å². The molecule has 2 fully saturated rings. The zero-order valence-electron chi connectivity index (χ0n) is 16.0. The number of carbonyl (C=O) groups excluding carboxylic acids is 2. The van der Waals surface area contributed by atoms with Gasteiger partial charge in [0.15, 0.2) is 5.78 Å². The van der Waals surface area contributed by atoms with Crippen molar-refractivity contribution in [1.82, 2.24) is 10.2 Å². The van der Waals surface area contributed by atoms with Crippen LogP contribution in [0.5, 0.6) is 0 Å². The molecule has 1 aliphatic carbocycles. The third kappa shape index (κ3) is 4.64. The SMILES string of the molecule is CC(=O)c1ccc(N2CCN(C(C)C(=O)NC3CCCCC3)CC2)cc1. The number of hydrogen-bond acceptors (Lipinski definition) is 4. The maximum absolute atomic E-state index is 12.6. The average Bonchev–Trinajstić information content (AvgIpc) is 2.68. The summed E-state index contributed by atoms with van der Waals surface area (Å²) < 4.78 is 0. The van der Waals surface area contributed by atoms with Crippen molar-refractivity contribution < 1.29 is 9.59 Å². The lowest BCUT2D eigenvalue weighted by molar-refractivity contribution is -0.127. The molecule has 0 radical (unpaired) electrons. The molecule has 1 heterocycles. The maximum Gasteiger partial charge on any atom is 0.237 e. The molecule has 1 N–H and O–H groups in total. The van der Waals surface area contributed by atoms with E-state index in [-0.39, 0.29) is 17.7 Å². The Morgan fingerprint density at radius 3 is 2.19 bits per heavy atom. The van der Waals surface area contributed by atoms with E-state index in [1.165, 1.54) is 19.3 Å². The van der Waals surface area contributed by atoms with Crippen molar-refractivity contribution in [2.45, 2.75) is 58.0 Å². The van der Waals surface area contributed by atoms with Gasteiger partial charge in [-0.2, -0.15) is 0 Å². The van der Waals surface area contributed by atoms with Crippen LogP contribution < -0.4 is 10.2 Å². The first kappa shape index (κ1) is 18.9. The second-order valence-corrected chi connectivity index (χ2v) is 7.65. The van der Waals surface area contributed by atoms with Crippen LogP contribution >= 0.6 is 0 Å². The van der Waals surface area contributed by atoms with Crippen molar-refractivity contribution >= 4 is 17.4 Å². The van der Waals surface area contributed by atoms with E-state index in [1.807, 2.05) is 31.2 Å². The molecule has 1 atom stereocenters. The fourth-order valence-electron chi connectivity index (χ4n) is 4.01. The molecular weight excluding hydrogens is 326 g/mol. The molecule has 2 aliphatic rings. The molecule has 1 saturated carbocycles. The number of rotatable bonds is 5. The molecule has 0 aromatic heterocycles. The summed E-state index contributed by atoms with van der Waals surface area (Å²) in [5.41, 5.74) is 1.90. The molecule has 1 aliphatic heterocycles. The topological polar surface area (TPSA) is 52.7 Å². The minimum Gasteiger partial charge on any atom is -0.369 e. The lowest BCUT2D eigenvalue weighted by Gasteiger charge is -2.39. The highest BCUT2D eigenvalue weighted by Gasteiger charge is 2.27. The van der Waals surface area contributed by atoms with Gasteiger partial charge in [-0.1, -0.05) is 19.3 Å². The molecule has 0 bridgehead atoms. The van der Waals surface area contributed by atoms with Gasteiger partial charge >= 0.3 is 0 Å². The quantitative estimate of drug-likeness (QED) is 0.824. The maximum atomic E-state index is 12.6. The average molecular weight is 357 g/mol. The van der Waals surface area contributed by atoms with Gasteiger partial charge in [-0.3, -0.25) is 14.5 Å². The number of carbonyl (C=O) groups is 2. The molecule has 1 saturated heterocycles. The van der Waals surface area contributed by atoms with Crippen LogP contribution in [0.1, 0.15) is 56.3 Å². The largest absolute Gasteiger partial charge is 0.369 e. The van der Waals surface area contributed by atoms with E-state index >= 15 is 0 Å². The summed E-state index contributed by atoms with van der Waals surface area (Å²) in [5, 5.41) is 3.25. The molecule has 3 rings (SSSR count). The number of nitrogens with one attached hydrogen (secondary N) is 1. The van der Waals surface area contributed by atoms with Crippen LogP contribution in [-0.4, -0.2) is 54.9 Å². The lowest BCUT2D eigenvalue weighted by atomic mass is 9.95. The van der Waals surface area contributed by atoms with E-state index < -0.39 is 0 Å². The smallest absolute Gasteiger partial charge is 0.237 e. The Kier molecular flexibility index (Phi) is 6.30. The molecule has 1 aromatic rings. The molecule has 142 valence electrons. The molecule has 1 unspecified atom stereocenters. The zero-order valence-corrected chi connectivity index (χ0v) is 16.0. The van der Waals surface area contributed by atoms with Crippen LogP contribution in [0, 0.1) is 0 Å². The van der Waals surface area contributed by atoms with Gasteiger partial charge in [-0.25, -0.2) is 0 Å². The van der Waals surface area contributed by atoms with Crippen molar-refractivity contribution in [3.05, 3.63) is 29.8 Å². The second kappa shape index (κ2) is 8.67. The number of benzene rings is 1. The fourth-order valence-corrected chi connectivity index (χ4v) is 4.01. The van der Waals surface area contributed by atoms with Crippen molar-refractivity contribution in [3.8, 4) is 0 Å². The molecule has 1 aromatic carbocycles. The van der Waals surface area contributed by atoms with Crippen LogP contribution in [0.3, 0.4) is 0 Å². The molecular formula is C21H31N3O2. The number of Topliss-reactive ketones (excluding diaryl/α,β-unsaturated/α-hetero) is 1. The van der Waals surface area contributed by atoms with E-state index in [1.54, 1.807) is 6.92 Å². The third-order valence-electron chi connectivity index (χ3n) is 5.83. The Labute approximate surface area is 156 Å². The predicted octanol–water partition coefficient (Wildman–Crippen LogP) is 2.85. The highest BCUT2D eigenvalue weighted by Crippen LogP contribution is 2.20. The summed E-state index contributed by atoms with van der Waals surface area (Å²) in [4.78, 5) is 28.6. The number of amides is 1. The first-order valence-corrected chi connectivity index (χ1v) is 9.95. The summed E-state index contributed by atoms with van der Waals surface area (Å²) in [6, 6.07) is 8.13. The van der Waals surface area contributed by atoms with Crippen LogP contribution in [0.25, 0.3) is 0 Å². The Morgan fingerprint density at radius 2 is 1.62 bits per heavy atom. The third-order valence-corrected chi connectivity index (χ3v) is 5.83. The molecule has 1 amide bonds. The summed E-state index contributed by atoms with van der Waals surface area (Å²) in [5.74, 6) is 0.273. The van der Waals surface area contributed by atoms with Gasteiger partial charge in [0.2, 0.25) is 5.91 Å². The van der Waals surface area contributed by atoms with Gasteiger partial charge in [-0.15, -0.1) is 0 Å². The Balaban J connectivity index is 1.49. The number of anilines is 1. The van der Waals surface area contributed by atoms with Crippen molar-refractivity contribution in [1.29, 1.82) is 0 Å².